The summed E-state index contributed by atoms with van der Waals surface area (Å²) in [7, 11) is -9.91. The average molecular weight is 1410 g/mol. The molecule has 0 bridgehead atoms. The molecule has 0 aromatic rings. The van der Waals surface area contributed by atoms with E-state index in [2.05, 4.69) is 55.4 Å². The van der Waals surface area contributed by atoms with E-state index in [9.17, 15) is 43.2 Å². The van der Waals surface area contributed by atoms with Crippen LogP contribution in [0.1, 0.15) is 389 Å². The summed E-state index contributed by atoms with van der Waals surface area (Å²) in [5, 5.41) is 10.6. The van der Waals surface area contributed by atoms with Crippen LogP contribution >= 0.6 is 15.6 Å². The molecule has 19 heteroatoms. The molecule has 0 radical (unpaired) electrons. The maximum Gasteiger partial charge on any atom is 0.472 e. The monoisotopic (exact) mass is 1410 g/mol. The third-order valence-electron chi connectivity index (χ3n) is 18.2. The maximum absolute atomic E-state index is 13.1. The van der Waals surface area contributed by atoms with Gasteiger partial charge in [-0.15, -0.1) is 0 Å². The number of carbonyl (C=O) groups is 4. The van der Waals surface area contributed by atoms with Crippen LogP contribution in [0.5, 0.6) is 0 Å². The van der Waals surface area contributed by atoms with E-state index >= 15 is 0 Å². The van der Waals surface area contributed by atoms with Crippen molar-refractivity contribution in [1.82, 2.24) is 0 Å². The van der Waals surface area contributed by atoms with E-state index in [4.69, 9.17) is 37.0 Å². The van der Waals surface area contributed by atoms with Crippen molar-refractivity contribution in [3.63, 3.8) is 0 Å². The van der Waals surface area contributed by atoms with Crippen LogP contribution < -0.4 is 0 Å². The van der Waals surface area contributed by atoms with Crippen LogP contribution in [0, 0.1) is 23.7 Å². The van der Waals surface area contributed by atoms with Crippen molar-refractivity contribution >= 4 is 39.5 Å². The molecule has 0 aromatic heterocycles. The number of hydrogen-bond acceptors (Lipinski definition) is 15. The molecule has 0 saturated carbocycles. The number of phosphoric acid groups is 2. The van der Waals surface area contributed by atoms with E-state index in [0.717, 1.165) is 120 Å². The minimum Gasteiger partial charge on any atom is -0.462 e. The first kappa shape index (κ1) is 94.1. The number of phosphoric ester groups is 2. The highest BCUT2D eigenvalue weighted by atomic mass is 31.2. The molecule has 0 spiro atoms. The Morgan fingerprint density at radius 1 is 0.292 bits per heavy atom. The van der Waals surface area contributed by atoms with Gasteiger partial charge in [0.15, 0.2) is 12.2 Å². The van der Waals surface area contributed by atoms with Gasteiger partial charge in [0.2, 0.25) is 0 Å². The first-order valence-electron chi connectivity index (χ1n) is 39.7. The Labute approximate surface area is 588 Å². The first-order valence-corrected chi connectivity index (χ1v) is 42.7. The van der Waals surface area contributed by atoms with Gasteiger partial charge in [-0.25, -0.2) is 9.13 Å². The van der Waals surface area contributed by atoms with Crippen molar-refractivity contribution in [3.8, 4) is 0 Å². The highest BCUT2D eigenvalue weighted by molar-refractivity contribution is 7.47. The van der Waals surface area contributed by atoms with Crippen LogP contribution in [-0.4, -0.2) is 96.7 Å². The molecule has 0 saturated heterocycles. The second kappa shape index (κ2) is 66.3. The predicted octanol–water partition coefficient (Wildman–Crippen LogP) is 22.4. The zero-order valence-electron chi connectivity index (χ0n) is 63.0. The molecule has 0 amide bonds. The molecule has 6 atom stereocenters. The Morgan fingerprint density at radius 3 is 0.740 bits per heavy atom. The Kier molecular flexibility index (Phi) is 65.0. The van der Waals surface area contributed by atoms with Gasteiger partial charge in [-0.3, -0.25) is 37.3 Å². The number of esters is 4. The molecule has 0 aliphatic heterocycles. The molecule has 570 valence electrons. The highest BCUT2D eigenvalue weighted by Crippen LogP contribution is 2.45. The predicted molar refractivity (Wildman–Crippen MR) is 391 cm³/mol. The lowest BCUT2D eigenvalue weighted by atomic mass is 10.00. The van der Waals surface area contributed by atoms with Gasteiger partial charge in [0, 0.05) is 25.7 Å². The number of aliphatic hydroxyl groups excluding tert-OH is 1. The van der Waals surface area contributed by atoms with Gasteiger partial charge in [0.25, 0.3) is 0 Å². The molecule has 3 N–H and O–H groups in total. The van der Waals surface area contributed by atoms with Crippen molar-refractivity contribution in [3.05, 3.63) is 0 Å². The Morgan fingerprint density at radius 2 is 0.500 bits per heavy atom. The van der Waals surface area contributed by atoms with Gasteiger partial charge >= 0.3 is 39.5 Å². The lowest BCUT2D eigenvalue weighted by Crippen LogP contribution is -2.30. The smallest absolute Gasteiger partial charge is 0.462 e. The lowest BCUT2D eigenvalue weighted by molar-refractivity contribution is -0.161. The fourth-order valence-electron chi connectivity index (χ4n) is 11.7. The van der Waals surface area contributed by atoms with Gasteiger partial charge in [0.05, 0.1) is 26.4 Å². The van der Waals surface area contributed by atoms with E-state index in [1.54, 1.807) is 0 Å². The Hall–Kier alpha value is -1.94. The zero-order chi connectivity index (χ0) is 71.0. The first-order chi connectivity index (χ1) is 46.1. The molecule has 0 heterocycles. The van der Waals surface area contributed by atoms with Crippen LogP contribution in [0.3, 0.4) is 0 Å². The normalized spacial score (nSPS) is 14.4. The van der Waals surface area contributed by atoms with E-state index in [-0.39, 0.29) is 25.7 Å². The number of rotatable bonds is 74. The number of ether oxygens (including phenoxy) is 4. The molecule has 17 nitrogen and oxygen atoms in total. The maximum atomic E-state index is 13.1. The fourth-order valence-corrected chi connectivity index (χ4v) is 13.3. The molecule has 96 heavy (non-hydrogen) atoms. The summed E-state index contributed by atoms with van der Waals surface area (Å²) in [6.07, 6.45) is 51.5. The summed E-state index contributed by atoms with van der Waals surface area (Å²) >= 11 is 0. The minimum absolute atomic E-state index is 0.104. The van der Waals surface area contributed by atoms with Crippen molar-refractivity contribution in [2.75, 3.05) is 39.6 Å². The van der Waals surface area contributed by atoms with Gasteiger partial charge < -0.3 is 33.8 Å². The van der Waals surface area contributed by atoms with Crippen LogP contribution in [0.4, 0.5) is 0 Å². The largest absolute Gasteiger partial charge is 0.472 e. The van der Waals surface area contributed by atoms with Gasteiger partial charge in [0.1, 0.15) is 19.3 Å². The van der Waals surface area contributed by atoms with E-state index < -0.39 is 97.5 Å². The van der Waals surface area contributed by atoms with E-state index in [1.807, 2.05) is 0 Å². The van der Waals surface area contributed by atoms with Crippen molar-refractivity contribution in [1.29, 1.82) is 0 Å². The van der Waals surface area contributed by atoms with Crippen molar-refractivity contribution < 1.29 is 80.2 Å². The molecule has 3 unspecified atom stereocenters. The second-order valence-electron chi connectivity index (χ2n) is 29.4. The molecular formula is C77H150O17P2. The van der Waals surface area contributed by atoms with Crippen molar-refractivity contribution in [2.45, 2.75) is 408 Å². The summed E-state index contributed by atoms with van der Waals surface area (Å²) in [6.45, 7) is 14.2. The van der Waals surface area contributed by atoms with Crippen LogP contribution in [0.15, 0.2) is 0 Å². The SMILES string of the molecule is CCC(C)CCCCCCCCC(=O)OC[C@H](COP(=O)(O)OC[C@H](O)COP(=O)(O)OC[C@@H](COC(=O)CCCCCCCCCCCCC(C)C)OC(=O)CCCCCCCCCCCCCCCCCCCCC(C)C)OC(=O)CCCCCCCCCCCC(C)C. The van der Waals surface area contributed by atoms with Gasteiger partial charge in [-0.05, 0) is 49.4 Å². The molecular weight excluding hydrogens is 1260 g/mol. The van der Waals surface area contributed by atoms with Crippen LogP contribution in [0.2, 0.25) is 0 Å². The number of aliphatic hydroxyl groups is 1. The third-order valence-corrected chi connectivity index (χ3v) is 20.1. The fraction of sp³-hybridized carbons (Fsp3) is 0.948. The lowest BCUT2D eigenvalue weighted by Gasteiger charge is -2.21. The third kappa shape index (κ3) is 69.2. The Balaban J connectivity index is 5.21. The summed E-state index contributed by atoms with van der Waals surface area (Å²) < 4.78 is 68.5. The van der Waals surface area contributed by atoms with Crippen LogP contribution in [-0.2, 0) is 65.4 Å². The summed E-state index contributed by atoms with van der Waals surface area (Å²) in [5.74, 6) is 0.924. The summed E-state index contributed by atoms with van der Waals surface area (Å²) in [4.78, 5) is 72.8. The molecule has 0 aliphatic carbocycles. The second-order valence-corrected chi connectivity index (χ2v) is 32.3. The summed E-state index contributed by atoms with van der Waals surface area (Å²) in [5.41, 5.74) is 0. The van der Waals surface area contributed by atoms with E-state index in [0.29, 0.717) is 25.7 Å². The molecule has 0 aliphatic rings. The molecule has 0 fully saturated rings. The quantitative estimate of drug-likeness (QED) is 0.0222. The minimum atomic E-state index is -4.96. The molecule has 0 aromatic carbocycles. The van der Waals surface area contributed by atoms with Crippen molar-refractivity contribution in [2.24, 2.45) is 23.7 Å². The van der Waals surface area contributed by atoms with Crippen LogP contribution in [0.25, 0.3) is 0 Å². The standard InChI is InChI=1S/C77H150O17P2/c1-9-70(8)56-48-40-35-36-42-50-58-75(80)88-64-73(94-77(82)60-52-44-34-28-22-25-31-39-47-55-69(6)7)66-92-96(85,86)90-62-71(78)61-89-95(83,84)91-65-72(63-87-74(79)57-49-41-32-26-21-20-24-30-38-46-54-68(4)5)93-76(81)59-51-43-33-27-19-17-15-13-11-10-12-14-16-18-23-29-37-45-53-67(2)3/h67-73,78H,9-66H2,1-8H3,(H,83,84)(H,85,86)/t70?,71-,72-,73-/m1/s1. The van der Waals surface area contributed by atoms with Gasteiger partial charge in [-0.1, -0.05) is 338 Å². The highest BCUT2D eigenvalue weighted by Gasteiger charge is 2.30. The van der Waals surface area contributed by atoms with Gasteiger partial charge in [-0.2, -0.15) is 0 Å². The number of hydrogen-bond donors (Lipinski definition) is 3. The average Bonchev–Trinajstić information content (AvgIpc) is 1.72. The topological polar surface area (TPSA) is 237 Å². The Bertz CT molecular complexity index is 1890. The zero-order valence-corrected chi connectivity index (χ0v) is 64.8. The molecule has 0 rings (SSSR count). The summed E-state index contributed by atoms with van der Waals surface area (Å²) in [6, 6.07) is 0. The number of unbranched alkanes of at least 4 members (excludes halogenated alkanes) is 39. The number of carbonyl (C=O) groups excluding carboxylic acids is 4. The van der Waals surface area contributed by atoms with E-state index in [1.165, 1.54) is 186 Å².